The fraction of sp³-hybridized carbons (Fsp3) is 0.500. The van der Waals surface area contributed by atoms with Crippen LogP contribution in [0.15, 0.2) is 24.3 Å². The Balaban J connectivity index is 1.76. The van der Waals surface area contributed by atoms with E-state index < -0.39 is 0 Å². The van der Waals surface area contributed by atoms with E-state index in [0.717, 1.165) is 17.1 Å². The Kier molecular flexibility index (Phi) is 3.27. The first kappa shape index (κ1) is 12.0. The molecule has 1 atom stereocenters. The molecule has 1 aromatic carbocycles. The van der Waals surface area contributed by atoms with Gasteiger partial charge < -0.3 is 4.90 Å². The number of carbonyl (C=O) groups excluding carboxylic acids is 1. The molecular weight excluding hydrogens is 248 g/mol. The first-order chi connectivity index (χ1) is 8.74. The quantitative estimate of drug-likeness (QED) is 0.910. The number of hydrogen-bond acceptors (Lipinski definition) is 2. The van der Waals surface area contributed by atoms with E-state index in [0.29, 0.717) is 12.5 Å². The van der Waals surface area contributed by atoms with E-state index in [1.165, 1.54) is 19.3 Å². The zero-order chi connectivity index (χ0) is 12.5. The lowest BCUT2D eigenvalue weighted by atomic mass is 9.85. The topological polar surface area (TPSA) is 32.3 Å². The summed E-state index contributed by atoms with van der Waals surface area (Å²) in [6.45, 7) is 1.33. The van der Waals surface area contributed by atoms with E-state index in [1.807, 2.05) is 29.2 Å². The molecule has 2 aliphatic rings. The number of carbonyl (C=O) groups is 1. The van der Waals surface area contributed by atoms with E-state index in [1.54, 1.807) is 0 Å². The molecule has 1 amide bonds. The van der Waals surface area contributed by atoms with Crippen molar-refractivity contribution in [3.05, 3.63) is 34.9 Å². The van der Waals surface area contributed by atoms with Gasteiger partial charge in [-0.1, -0.05) is 30.2 Å². The van der Waals surface area contributed by atoms with Crippen LogP contribution in [0.1, 0.15) is 31.0 Å². The number of rotatable bonds is 3. The van der Waals surface area contributed by atoms with Gasteiger partial charge in [0.25, 0.3) is 0 Å². The summed E-state index contributed by atoms with van der Waals surface area (Å²) in [5.41, 5.74) is 1.12. The van der Waals surface area contributed by atoms with E-state index in [2.05, 4.69) is 5.32 Å². The summed E-state index contributed by atoms with van der Waals surface area (Å²) >= 11 is 5.90. The van der Waals surface area contributed by atoms with E-state index >= 15 is 0 Å². The fourth-order valence-electron chi connectivity index (χ4n) is 2.64. The van der Waals surface area contributed by atoms with Gasteiger partial charge in [0.15, 0.2) is 0 Å². The van der Waals surface area contributed by atoms with Gasteiger partial charge in [0, 0.05) is 11.6 Å². The van der Waals surface area contributed by atoms with Gasteiger partial charge in [0.1, 0.15) is 6.17 Å². The molecule has 3 nitrogen and oxygen atoms in total. The average molecular weight is 265 g/mol. The monoisotopic (exact) mass is 264 g/mol. The summed E-state index contributed by atoms with van der Waals surface area (Å²) in [7, 11) is 0. The number of hydrogen-bond donors (Lipinski definition) is 1. The zero-order valence-corrected chi connectivity index (χ0v) is 11.0. The van der Waals surface area contributed by atoms with Gasteiger partial charge in [-0.05, 0) is 36.5 Å². The smallest absolute Gasteiger partial charge is 0.238 e. The summed E-state index contributed by atoms with van der Waals surface area (Å²) in [5.74, 6) is 0.908. The maximum Gasteiger partial charge on any atom is 0.238 e. The van der Waals surface area contributed by atoms with Crippen LogP contribution >= 0.6 is 11.6 Å². The van der Waals surface area contributed by atoms with Crippen molar-refractivity contribution < 1.29 is 4.79 Å². The summed E-state index contributed by atoms with van der Waals surface area (Å²) < 4.78 is 0. The van der Waals surface area contributed by atoms with Crippen molar-refractivity contribution in [1.29, 1.82) is 0 Å². The molecule has 1 unspecified atom stereocenters. The zero-order valence-electron chi connectivity index (χ0n) is 10.2. The maximum atomic E-state index is 11.9. The van der Waals surface area contributed by atoms with Gasteiger partial charge in [0.2, 0.25) is 5.91 Å². The maximum absolute atomic E-state index is 11.9. The van der Waals surface area contributed by atoms with Crippen molar-refractivity contribution in [2.75, 3.05) is 13.1 Å². The van der Waals surface area contributed by atoms with Crippen molar-refractivity contribution in [2.45, 2.75) is 25.4 Å². The molecule has 3 rings (SSSR count). The number of nitrogens with zero attached hydrogens (tertiary/aromatic N) is 1. The Labute approximate surface area is 112 Å². The Hall–Kier alpha value is -1.06. The van der Waals surface area contributed by atoms with Crippen LogP contribution in [0.25, 0.3) is 0 Å². The molecule has 1 aliphatic heterocycles. The summed E-state index contributed by atoms with van der Waals surface area (Å²) in [6.07, 6.45) is 3.86. The highest BCUT2D eigenvalue weighted by molar-refractivity contribution is 6.30. The fourth-order valence-corrected chi connectivity index (χ4v) is 2.77. The van der Waals surface area contributed by atoms with Crippen LogP contribution in [0.2, 0.25) is 5.02 Å². The largest absolute Gasteiger partial charge is 0.322 e. The lowest BCUT2D eigenvalue weighted by molar-refractivity contribution is -0.129. The number of nitrogens with one attached hydrogen (secondary N) is 1. The van der Waals surface area contributed by atoms with Crippen molar-refractivity contribution in [1.82, 2.24) is 10.2 Å². The Morgan fingerprint density at radius 3 is 2.61 bits per heavy atom. The molecule has 18 heavy (non-hydrogen) atoms. The summed E-state index contributed by atoms with van der Waals surface area (Å²) in [5, 5.41) is 4.01. The van der Waals surface area contributed by atoms with Gasteiger partial charge >= 0.3 is 0 Å². The Bertz CT molecular complexity index is 442. The first-order valence-corrected chi connectivity index (χ1v) is 6.90. The minimum Gasteiger partial charge on any atom is -0.322 e. The molecule has 0 aromatic heterocycles. The lowest BCUT2D eigenvalue weighted by Crippen LogP contribution is -2.36. The molecule has 0 bridgehead atoms. The third-order valence-corrected chi connectivity index (χ3v) is 4.20. The van der Waals surface area contributed by atoms with E-state index in [4.69, 9.17) is 11.6 Å². The van der Waals surface area contributed by atoms with Crippen LogP contribution in [0, 0.1) is 5.92 Å². The minimum absolute atomic E-state index is 0.0235. The van der Waals surface area contributed by atoms with Crippen LogP contribution < -0.4 is 5.32 Å². The highest BCUT2D eigenvalue weighted by atomic mass is 35.5. The average Bonchev–Trinajstić information content (AvgIpc) is 2.67. The highest BCUT2D eigenvalue weighted by Crippen LogP contribution is 2.31. The van der Waals surface area contributed by atoms with Crippen molar-refractivity contribution in [2.24, 2.45) is 5.92 Å². The summed E-state index contributed by atoms with van der Waals surface area (Å²) in [6, 6.07) is 7.74. The Morgan fingerprint density at radius 1 is 1.28 bits per heavy atom. The second-order valence-electron chi connectivity index (χ2n) is 5.18. The predicted molar refractivity (Wildman–Crippen MR) is 71.2 cm³/mol. The van der Waals surface area contributed by atoms with Gasteiger partial charge in [-0.25, -0.2) is 0 Å². The molecule has 1 saturated heterocycles. The van der Waals surface area contributed by atoms with Crippen molar-refractivity contribution >= 4 is 17.5 Å². The molecule has 1 aromatic rings. The molecular formula is C14H17ClN2O. The van der Waals surface area contributed by atoms with Gasteiger partial charge in [-0.15, -0.1) is 0 Å². The van der Waals surface area contributed by atoms with Crippen LogP contribution in [0.4, 0.5) is 0 Å². The van der Waals surface area contributed by atoms with Crippen LogP contribution in [-0.2, 0) is 4.79 Å². The third kappa shape index (κ3) is 2.25. The molecule has 4 heteroatoms. The Morgan fingerprint density at radius 2 is 2.00 bits per heavy atom. The standard InChI is InChI=1S/C14H17ClN2O/c15-12-6-4-11(5-7-12)14-16-8-13(18)17(14)9-10-2-1-3-10/h4-7,10,14,16H,1-3,8-9H2. The molecule has 1 aliphatic carbocycles. The predicted octanol–water partition coefficient (Wildman–Crippen LogP) is 2.57. The molecule has 1 N–H and O–H groups in total. The molecule has 0 spiro atoms. The molecule has 1 saturated carbocycles. The van der Waals surface area contributed by atoms with Gasteiger partial charge in [-0.3, -0.25) is 10.1 Å². The lowest BCUT2D eigenvalue weighted by Gasteiger charge is -2.33. The second-order valence-corrected chi connectivity index (χ2v) is 5.61. The minimum atomic E-state index is 0.0235. The van der Waals surface area contributed by atoms with Crippen molar-refractivity contribution in [3.63, 3.8) is 0 Å². The van der Waals surface area contributed by atoms with Gasteiger partial charge in [-0.2, -0.15) is 0 Å². The van der Waals surface area contributed by atoms with E-state index in [-0.39, 0.29) is 12.1 Å². The molecule has 1 heterocycles. The molecule has 2 fully saturated rings. The third-order valence-electron chi connectivity index (χ3n) is 3.94. The second kappa shape index (κ2) is 4.90. The van der Waals surface area contributed by atoms with Crippen LogP contribution in [0.3, 0.4) is 0 Å². The normalized spacial score (nSPS) is 24.4. The SMILES string of the molecule is O=C1CNC(c2ccc(Cl)cc2)N1CC1CCC1. The van der Waals surface area contributed by atoms with Crippen molar-refractivity contribution in [3.8, 4) is 0 Å². The van der Waals surface area contributed by atoms with E-state index in [9.17, 15) is 4.79 Å². The molecule has 96 valence electrons. The van der Waals surface area contributed by atoms with Crippen LogP contribution in [0.5, 0.6) is 0 Å². The first-order valence-electron chi connectivity index (χ1n) is 6.52. The number of halogens is 1. The number of benzene rings is 1. The number of amides is 1. The summed E-state index contributed by atoms with van der Waals surface area (Å²) in [4.78, 5) is 13.9. The molecule has 0 radical (unpaired) electrons. The van der Waals surface area contributed by atoms with Gasteiger partial charge in [0.05, 0.1) is 6.54 Å². The van der Waals surface area contributed by atoms with Crippen LogP contribution in [-0.4, -0.2) is 23.9 Å². The highest BCUT2D eigenvalue weighted by Gasteiger charge is 2.34.